The molecule has 0 aromatic carbocycles. The zero-order chi connectivity index (χ0) is 16.4. The minimum atomic E-state index is -0.225. The molecule has 1 aliphatic heterocycles. The van der Waals surface area contributed by atoms with E-state index >= 15 is 0 Å². The number of piperidine rings is 1. The van der Waals surface area contributed by atoms with E-state index in [0.717, 1.165) is 37.2 Å². The largest absolute Gasteiger partial charge is 0.503 e. The second-order valence-electron chi connectivity index (χ2n) is 7.28. The molecular weight excluding hydrogens is 288 g/mol. The summed E-state index contributed by atoms with van der Waals surface area (Å²) in [6, 6.07) is 2.63. The van der Waals surface area contributed by atoms with Crippen molar-refractivity contribution >= 4 is 0 Å². The number of nitrogens with zero attached hydrogens (tertiary/aromatic N) is 2. The number of hydrogen-bond acceptors (Lipinski definition) is 3. The fourth-order valence-electron chi connectivity index (χ4n) is 4.54. The molecule has 4 nitrogen and oxygen atoms in total. The summed E-state index contributed by atoms with van der Waals surface area (Å²) in [6.45, 7) is 6.03. The number of aromatic hydroxyl groups is 1. The van der Waals surface area contributed by atoms with Crippen LogP contribution in [-0.2, 0) is 6.54 Å². The minimum Gasteiger partial charge on any atom is -0.503 e. The number of likely N-dealkylation sites (tertiary alicyclic amines) is 1. The maximum Gasteiger partial charge on any atom is 0.223 e. The zero-order valence-electron chi connectivity index (χ0n) is 14.6. The molecule has 1 N–H and O–H groups in total. The van der Waals surface area contributed by atoms with Gasteiger partial charge in [-0.2, -0.15) is 0 Å². The summed E-state index contributed by atoms with van der Waals surface area (Å²) >= 11 is 0. The van der Waals surface area contributed by atoms with Crippen LogP contribution in [0.25, 0.3) is 0 Å². The number of hydrogen-bond donors (Lipinski definition) is 1. The Bertz CT molecular complexity index is 602. The molecule has 128 valence electrons. The van der Waals surface area contributed by atoms with Crippen molar-refractivity contribution < 1.29 is 5.11 Å². The van der Waals surface area contributed by atoms with Crippen LogP contribution < -0.4 is 5.43 Å². The lowest BCUT2D eigenvalue weighted by Gasteiger charge is -2.36. The van der Waals surface area contributed by atoms with Gasteiger partial charge >= 0.3 is 0 Å². The first-order chi connectivity index (χ1) is 11.1. The Labute approximate surface area is 139 Å². The maximum absolute atomic E-state index is 12.1. The molecule has 0 bridgehead atoms. The predicted molar refractivity (Wildman–Crippen MR) is 92.9 cm³/mol. The summed E-state index contributed by atoms with van der Waals surface area (Å²) in [7, 11) is 0. The molecule has 23 heavy (non-hydrogen) atoms. The van der Waals surface area contributed by atoms with E-state index < -0.39 is 0 Å². The molecule has 0 radical (unpaired) electrons. The van der Waals surface area contributed by atoms with Crippen LogP contribution >= 0.6 is 0 Å². The van der Waals surface area contributed by atoms with Crippen LogP contribution in [0.3, 0.4) is 0 Å². The summed E-state index contributed by atoms with van der Waals surface area (Å²) in [5, 5.41) is 10.5. The van der Waals surface area contributed by atoms with Crippen LogP contribution in [0, 0.1) is 6.92 Å². The molecule has 2 fully saturated rings. The van der Waals surface area contributed by atoms with E-state index in [9.17, 15) is 9.90 Å². The maximum atomic E-state index is 12.1. The molecule has 1 aromatic rings. The van der Waals surface area contributed by atoms with Gasteiger partial charge in [-0.3, -0.25) is 9.69 Å². The third kappa shape index (κ3) is 3.32. The number of rotatable bonds is 4. The smallest absolute Gasteiger partial charge is 0.223 e. The highest BCUT2D eigenvalue weighted by molar-refractivity contribution is 5.30. The van der Waals surface area contributed by atoms with Crippen molar-refractivity contribution in [1.29, 1.82) is 0 Å². The highest BCUT2D eigenvalue weighted by Crippen LogP contribution is 2.34. The van der Waals surface area contributed by atoms with Gasteiger partial charge in [0.1, 0.15) is 0 Å². The Morgan fingerprint density at radius 1 is 1.17 bits per heavy atom. The first-order valence-corrected chi connectivity index (χ1v) is 9.29. The van der Waals surface area contributed by atoms with E-state index in [4.69, 9.17) is 0 Å². The van der Waals surface area contributed by atoms with Crippen molar-refractivity contribution in [2.45, 2.75) is 83.8 Å². The van der Waals surface area contributed by atoms with Crippen molar-refractivity contribution in [3.05, 3.63) is 27.7 Å². The molecule has 3 rings (SSSR count). The van der Waals surface area contributed by atoms with E-state index in [-0.39, 0.29) is 11.2 Å². The van der Waals surface area contributed by atoms with Crippen LogP contribution in [0.1, 0.15) is 75.7 Å². The molecule has 1 aromatic heterocycles. The molecule has 1 unspecified atom stereocenters. The van der Waals surface area contributed by atoms with Crippen LogP contribution in [-0.4, -0.2) is 27.2 Å². The monoisotopic (exact) mass is 318 g/mol. The van der Waals surface area contributed by atoms with Gasteiger partial charge in [-0.15, -0.1) is 0 Å². The Kier molecular flexibility index (Phi) is 5.10. The van der Waals surface area contributed by atoms with Gasteiger partial charge in [0, 0.05) is 30.4 Å². The first-order valence-electron chi connectivity index (χ1n) is 9.29. The van der Waals surface area contributed by atoms with E-state index in [2.05, 4.69) is 16.4 Å². The molecule has 1 saturated heterocycles. The van der Waals surface area contributed by atoms with Crippen molar-refractivity contribution in [1.82, 2.24) is 9.47 Å². The molecule has 2 heterocycles. The quantitative estimate of drug-likeness (QED) is 0.920. The van der Waals surface area contributed by atoms with Crippen LogP contribution in [0.5, 0.6) is 5.75 Å². The average molecular weight is 318 g/mol. The summed E-state index contributed by atoms with van der Waals surface area (Å²) in [5.74, 6) is -0.0251. The molecule has 0 amide bonds. The van der Waals surface area contributed by atoms with Gasteiger partial charge in [0.15, 0.2) is 5.75 Å². The van der Waals surface area contributed by atoms with E-state index in [1.807, 2.05) is 6.92 Å². The van der Waals surface area contributed by atoms with Crippen molar-refractivity contribution in [3.63, 3.8) is 0 Å². The Morgan fingerprint density at radius 2 is 1.87 bits per heavy atom. The molecule has 1 atom stereocenters. The Morgan fingerprint density at radius 3 is 2.57 bits per heavy atom. The van der Waals surface area contributed by atoms with Crippen molar-refractivity contribution in [2.24, 2.45) is 0 Å². The van der Waals surface area contributed by atoms with E-state index in [1.165, 1.54) is 32.1 Å². The molecule has 2 aliphatic rings. The van der Waals surface area contributed by atoms with Crippen LogP contribution in [0.4, 0.5) is 0 Å². The van der Waals surface area contributed by atoms with Gasteiger partial charge in [-0.1, -0.05) is 26.2 Å². The van der Waals surface area contributed by atoms with Crippen LogP contribution in [0.15, 0.2) is 10.9 Å². The molecule has 4 heteroatoms. The van der Waals surface area contributed by atoms with Crippen molar-refractivity contribution in [2.75, 3.05) is 6.54 Å². The van der Waals surface area contributed by atoms with Crippen LogP contribution in [0.2, 0.25) is 0 Å². The van der Waals surface area contributed by atoms with Gasteiger partial charge in [-0.25, -0.2) is 0 Å². The summed E-state index contributed by atoms with van der Waals surface area (Å²) in [5.41, 5.74) is 1.62. The van der Waals surface area contributed by atoms with Gasteiger partial charge in [0.2, 0.25) is 5.43 Å². The minimum absolute atomic E-state index is 0.0251. The number of pyridine rings is 1. The zero-order valence-corrected chi connectivity index (χ0v) is 14.6. The van der Waals surface area contributed by atoms with Gasteiger partial charge < -0.3 is 9.67 Å². The predicted octanol–water partition coefficient (Wildman–Crippen LogP) is 3.74. The standard InChI is InChI=1S/C19H30N2O2/c1-3-15-8-6-7-11-20(15)13-17-19(23)18(22)12-14(2)21(17)16-9-4-5-10-16/h12,15-16,23H,3-11,13H2,1-2H3. The third-order valence-corrected chi connectivity index (χ3v) is 5.78. The fourth-order valence-corrected chi connectivity index (χ4v) is 4.54. The lowest BCUT2D eigenvalue weighted by molar-refractivity contribution is 0.130. The normalized spacial score (nSPS) is 23.5. The molecule has 1 aliphatic carbocycles. The first kappa shape index (κ1) is 16.6. The SMILES string of the molecule is CCC1CCCCN1Cc1c(O)c(=O)cc(C)n1C1CCCC1. The molecule has 0 spiro atoms. The Balaban J connectivity index is 1.97. The fraction of sp³-hybridized carbons (Fsp3) is 0.737. The van der Waals surface area contributed by atoms with Gasteiger partial charge in [0.05, 0.1) is 5.69 Å². The second-order valence-corrected chi connectivity index (χ2v) is 7.28. The highest BCUT2D eigenvalue weighted by Gasteiger charge is 2.27. The summed E-state index contributed by atoms with van der Waals surface area (Å²) in [6.07, 6.45) is 9.70. The highest BCUT2D eigenvalue weighted by atomic mass is 16.3. The number of aromatic nitrogens is 1. The summed E-state index contributed by atoms with van der Waals surface area (Å²) in [4.78, 5) is 14.6. The van der Waals surface area contributed by atoms with Gasteiger partial charge in [0.25, 0.3) is 0 Å². The number of aryl methyl sites for hydroxylation is 1. The average Bonchev–Trinajstić information content (AvgIpc) is 3.07. The lowest BCUT2D eigenvalue weighted by atomic mass is 9.99. The Hall–Kier alpha value is -1.29. The summed E-state index contributed by atoms with van der Waals surface area (Å²) < 4.78 is 2.27. The second kappa shape index (κ2) is 7.08. The topological polar surface area (TPSA) is 45.5 Å². The van der Waals surface area contributed by atoms with Gasteiger partial charge in [-0.05, 0) is 45.6 Å². The van der Waals surface area contributed by atoms with Crippen molar-refractivity contribution in [3.8, 4) is 5.75 Å². The van der Waals surface area contributed by atoms with E-state index in [1.54, 1.807) is 6.07 Å². The molecular formula is C19H30N2O2. The lowest BCUT2D eigenvalue weighted by Crippen LogP contribution is -2.39. The third-order valence-electron chi connectivity index (χ3n) is 5.78. The van der Waals surface area contributed by atoms with E-state index in [0.29, 0.717) is 18.6 Å². The molecule has 1 saturated carbocycles.